The molecule has 0 radical (unpaired) electrons. The molecule has 4 nitrogen and oxygen atoms in total. The van der Waals surface area contributed by atoms with Crippen molar-refractivity contribution in [3.05, 3.63) is 23.8 Å². The highest BCUT2D eigenvalue weighted by molar-refractivity contribution is 5.46. The number of ether oxygens (including phenoxy) is 2. The van der Waals surface area contributed by atoms with E-state index < -0.39 is 0 Å². The minimum absolute atomic E-state index is 0.104. The van der Waals surface area contributed by atoms with Gasteiger partial charge in [0.05, 0.1) is 19.3 Å². The molecule has 1 aromatic carbocycles. The molecule has 1 aromatic rings. The number of hydrogen-bond acceptors (Lipinski definition) is 4. The third kappa shape index (κ3) is 5.49. The number of para-hydroxylation sites is 1. The first kappa shape index (κ1) is 15.8. The van der Waals surface area contributed by atoms with Gasteiger partial charge in [-0.2, -0.15) is 0 Å². The van der Waals surface area contributed by atoms with Crippen LogP contribution in [0, 0.1) is 0 Å². The zero-order chi connectivity index (χ0) is 14.3. The summed E-state index contributed by atoms with van der Waals surface area (Å²) in [4.78, 5) is 0. The lowest BCUT2D eigenvalue weighted by atomic mass is 10.1. The Bertz CT molecular complexity index is 378. The highest BCUT2D eigenvalue weighted by atomic mass is 16.5. The number of benzene rings is 1. The van der Waals surface area contributed by atoms with Gasteiger partial charge in [0.15, 0.2) is 11.5 Å². The summed E-state index contributed by atoms with van der Waals surface area (Å²) in [5.74, 6) is 1.55. The van der Waals surface area contributed by atoms with Crippen LogP contribution in [0.5, 0.6) is 11.5 Å². The zero-order valence-electron chi connectivity index (χ0n) is 12.3. The summed E-state index contributed by atoms with van der Waals surface area (Å²) in [6.07, 6.45) is 0.571. The number of methoxy groups -OCH3 is 1. The van der Waals surface area contributed by atoms with Gasteiger partial charge < -0.3 is 19.9 Å². The third-order valence-corrected chi connectivity index (χ3v) is 2.69. The first-order chi connectivity index (χ1) is 9.04. The molecule has 0 aliphatic heterocycles. The molecule has 0 fully saturated rings. The lowest BCUT2D eigenvalue weighted by molar-refractivity contribution is 0.183. The van der Waals surface area contributed by atoms with Crippen LogP contribution in [0.4, 0.5) is 0 Å². The molecule has 0 bridgehead atoms. The predicted octanol–water partition coefficient (Wildman–Crippen LogP) is 2.34. The fourth-order valence-corrected chi connectivity index (χ4v) is 1.76. The van der Waals surface area contributed by atoms with Crippen LogP contribution in [-0.2, 0) is 6.54 Å². The average Bonchev–Trinajstić information content (AvgIpc) is 2.35. The average molecular weight is 267 g/mol. The van der Waals surface area contributed by atoms with Crippen molar-refractivity contribution in [1.82, 2.24) is 5.32 Å². The second-order valence-corrected chi connectivity index (χ2v) is 4.93. The SMILES string of the molecule is COc1cccc(CNCCC(C)O)c1OC(C)C. The van der Waals surface area contributed by atoms with E-state index in [1.54, 1.807) is 14.0 Å². The first-order valence-electron chi connectivity index (χ1n) is 6.76. The molecule has 1 atom stereocenters. The van der Waals surface area contributed by atoms with E-state index >= 15 is 0 Å². The Morgan fingerprint density at radius 3 is 2.58 bits per heavy atom. The highest BCUT2D eigenvalue weighted by Gasteiger charge is 2.11. The Morgan fingerprint density at radius 1 is 1.26 bits per heavy atom. The predicted molar refractivity (Wildman–Crippen MR) is 76.8 cm³/mol. The van der Waals surface area contributed by atoms with Crippen molar-refractivity contribution >= 4 is 0 Å². The number of aliphatic hydroxyl groups excluding tert-OH is 1. The molecule has 0 aliphatic rings. The van der Waals surface area contributed by atoms with E-state index in [0.29, 0.717) is 6.54 Å². The number of hydrogen-bond donors (Lipinski definition) is 2. The van der Waals surface area contributed by atoms with Gasteiger partial charge in [0.1, 0.15) is 0 Å². The smallest absolute Gasteiger partial charge is 0.166 e. The summed E-state index contributed by atoms with van der Waals surface area (Å²) < 4.78 is 11.2. The molecule has 1 rings (SSSR count). The molecule has 4 heteroatoms. The summed E-state index contributed by atoms with van der Waals surface area (Å²) in [7, 11) is 1.65. The van der Waals surface area contributed by atoms with Crippen molar-refractivity contribution < 1.29 is 14.6 Å². The maximum atomic E-state index is 9.22. The quantitative estimate of drug-likeness (QED) is 0.710. The molecular weight excluding hydrogens is 242 g/mol. The van der Waals surface area contributed by atoms with Gasteiger partial charge in [0.25, 0.3) is 0 Å². The fourth-order valence-electron chi connectivity index (χ4n) is 1.76. The Hall–Kier alpha value is -1.26. The van der Waals surface area contributed by atoms with Crippen molar-refractivity contribution in [2.75, 3.05) is 13.7 Å². The Morgan fingerprint density at radius 2 is 2.00 bits per heavy atom. The number of nitrogens with one attached hydrogen (secondary N) is 1. The van der Waals surface area contributed by atoms with Crippen LogP contribution in [0.25, 0.3) is 0 Å². The Kier molecular flexibility index (Phi) is 6.67. The zero-order valence-corrected chi connectivity index (χ0v) is 12.3. The first-order valence-corrected chi connectivity index (χ1v) is 6.76. The molecule has 0 spiro atoms. The van der Waals surface area contributed by atoms with Gasteiger partial charge in [-0.3, -0.25) is 0 Å². The lowest BCUT2D eigenvalue weighted by Gasteiger charge is -2.17. The van der Waals surface area contributed by atoms with Crippen LogP contribution in [0.3, 0.4) is 0 Å². The molecule has 0 heterocycles. The Balaban J connectivity index is 2.70. The van der Waals surface area contributed by atoms with Gasteiger partial charge in [-0.1, -0.05) is 12.1 Å². The summed E-state index contributed by atoms with van der Waals surface area (Å²) in [5, 5.41) is 12.5. The molecule has 0 saturated carbocycles. The molecule has 0 saturated heterocycles. The van der Waals surface area contributed by atoms with Crippen molar-refractivity contribution in [3.63, 3.8) is 0 Å². The third-order valence-electron chi connectivity index (χ3n) is 2.69. The molecule has 0 aliphatic carbocycles. The minimum Gasteiger partial charge on any atom is -0.493 e. The van der Waals surface area contributed by atoms with Crippen molar-refractivity contribution in [1.29, 1.82) is 0 Å². The normalized spacial score (nSPS) is 12.5. The van der Waals surface area contributed by atoms with Gasteiger partial charge in [0, 0.05) is 12.1 Å². The monoisotopic (exact) mass is 267 g/mol. The van der Waals surface area contributed by atoms with Crippen molar-refractivity contribution in [2.24, 2.45) is 0 Å². The van der Waals surface area contributed by atoms with Crippen LogP contribution >= 0.6 is 0 Å². The van der Waals surface area contributed by atoms with Crippen LogP contribution in [-0.4, -0.2) is 31.0 Å². The van der Waals surface area contributed by atoms with E-state index in [-0.39, 0.29) is 12.2 Å². The maximum Gasteiger partial charge on any atom is 0.166 e. The minimum atomic E-state index is -0.274. The van der Waals surface area contributed by atoms with Crippen LogP contribution in [0.1, 0.15) is 32.8 Å². The van der Waals surface area contributed by atoms with Gasteiger partial charge >= 0.3 is 0 Å². The standard InChI is InChI=1S/C15H25NO3/c1-11(2)19-15-13(6-5-7-14(15)18-4)10-16-9-8-12(3)17/h5-7,11-12,16-17H,8-10H2,1-4H3. The van der Waals surface area contributed by atoms with Gasteiger partial charge in [-0.15, -0.1) is 0 Å². The molecular formula is C15H25NO3. The summed E-state index contributed by atoms with van der Waals surface area (Å²) in [5.41, 5.74) is 1.07. The fraction of sp³-hybridized carbons (Fsp3) is 0.600. The van der Waals surface area contributed by atoms with Gasteiger partial charge in [-0.05, 0) is 39.8 Å². The maximum absolute atomic E-state index is 9.22. The lowest BCUT2D eigenvalue weighted by Crippen LogP contribution is -2.19. The second-order valence-electron chi connectivity index (χ2n) is 4.93. The number of rotatable bonds is 8. The van der Waals surface area contributed by atoms with E-state index in [1.165, 1.54) is 0 Å². The van der Waals surface area contributed by atoms with E-state index in [4.69, 9.17) is 9.47 Å². The summed E-state index contributed by atoms with van der Waals surface area (Å²) >= 11 is 0. The molecule has 0 aromatic heterocycles. The largest absolute Gasteiger partial charge is 0.493 e. The van der Waals surface area contributed by atoms with E-state index in [9.17, 15) is 5.11 Å². The number of aliphatic hydroxyl groups is 1. The van der Waals surface area contributed by atoms with Gasteiger partial charge in [-0.25, -0.2) is 0 Å². The van der Waals surface area contributed by atoms with Crippen LogP contribution < -0.4 is 14.8 Å². The molecule has 0 amide bonds. The van der Waals surface area contributed by atoms with E-state index in [0.717, 1.165) is 30.0 Å². The molecule has 1 unspecified atom stereocenters. The molecule has 108 valence electrons. The molecule has 19 heavy (non-hydrogen) atoms. The van der Waals surface area contributed by atoms with Crippen LogP contribution in [0.2, 0.25) is 0 Å². The second kappa shape index (κ2) is 8.02. The summed E-state index contributed by atoms with van der Waals surface area (Å²) in [6.45, 7) is 7.26. The van der Waals surface area contributed by atoms with Crippen molar-refractivity contribution in [3.8, 4) is 11.5 Å². The molecule has 2 N–H and O–H groups in total. The summed E-state index contributed by atoms with van der Waals surface area (Å²) in [6, 6.07) is 5.88. The topological polar surface area (TPSA) is 50.7 Å². The Labute approximate surface area is 115 Å². The van der Waals surface area contributed by atoms with E-state index in [2.05, 4.69) is 5.32 Å². The van der Waals surface area contributed by atoms with Gasteiger partial charge in [0.2, 0.25) is 0 Å². The van der Waals surface area contributed by atoms with E-state index in [1.807, 2.05) is 32.0 Å². The highest BCUT2D eigenvalue weighted by Crippen LogP contribution is 2.31. The van der Waals surface area contributed by atoms with Crippen molar-refractivity contribution in [2.45, 2.75) is 45.9 Å². The van der Waals surface area contributed by atoms with Crippen LogP contribution in [0.15, 0.2) is 18.2 Å².